The van der Waals surface area contributed by atoms with E-state index in [0.717, 1.165) is 25.9 Å². The molecule has 4 atom stereocenters. The average molecular weight is 461 g/mol. The van der Waals surface area contributed by atoms with Gasteiger partial charge in [0, 0.05) is 13.1 Å². The number of hydrogen-bond donors (Lipinski definition) is 4. The quantitative estimate of drug-likeness (QED) is 0.416. The van der Waals surface area contributed by atoms with Crippen LogP contribution in [0.3, 0.4) is 0 Å². The number of aromatic nitrogens is 4. The standard InChI is InChI=1S/C21H25ClN6O4/c22-21-24-18(26-27-8-6-13(7-9-27)12-4-2-1-3-5-12)15-19(25-21)28(11-23-15)20-17(31)16(30)14(10-29)32-20/h1-5,11,13-14,16-17,20,29-31H,6-10H2,(H,24,25,26)/t14-,16-,17-,20-/m1/s1. The topological polar surface area (TPSA) is 129 Å². The van der Waals surface area contributed by atoms with Gasteiger partial charge in [-0.1, -0.05) is 30.3 Å². The molecule has 10 nitrogen and oxygen atoms in total. The number of ether oxygens (including phenoxy) is 1. The van der Waals surface area contributed by atoms with Gasteiger partial charge in [0.1, 0.15) is 18.3 Å². The summed E-state index contributed by atoms with van der Waals surface area (Å²) in [5.41, 5.74) is 5.50. The number of hydrogen-bond acceptors (Lipinski definition) is 9. The molecule has 2 aliphatic rings. The first-order valence-corrected chi connectivity index (χ1v) is 11.0. The van der Waals surface area contributed by atoms with Crippen molar-refractivity contribution >= 4 is 28.6 Å². The van der Waals surface area contributed by atoms with E-state index in [0.29, 0.717) is 22.9 Å². The highest BCUT2D eigenvalue weighted by atomic mass is 35.5. The van der Waals surface area contributed by atoms with Crippen LogP contribution in [0.1, 0.15) is 30.6 Å². The van der Waals surface area contributed by atoms with Crippen molar-refractivity contribution in [3.8, 4) is 0 Å². The summed E-state index contributed by atoms with van der Waals surface area (Å²) in [6, 6.07) is 10.5. The summed E-state index contributed by atoms with van der Waals surface area (Å²) < 4.78 is 7.11. The van der Waals surface area contributed by atoms with Gasteiger partial charge in [-0.05, 0) is 35.9 Å². The van der Waals surface area contributed by atoms with Gasteiger partial charge in [0.15, 0.2) is 23.2 Å². The van der Waals surface area contributed by atoms with E-state index in [2.05, 4.69) is 49.7 Å². The average Bonchev–Trinajstić information content (AvgIpc) is 3.35. The first-order valence-electron chi connectivity index (χ1n) is 10.6. The van der Waals surface area contributed by atoms with Crippen LogP contribution in [0.15, 0.2) is 36.7 Å². The minimum absolute atomic E-state index is 0.0210. The maximum absolute atomic E-state index is 10.4. The highest BCUT2D eigenvalue weighted by Crippen LogP contribution is 2.33. The number of rotatable bonds is 5. The van der Waals surface area contributed by atoms with Gasteiger partial charge in [-0.2, -0.15) is 9.97 Å². The largest absolute Gasteiger partial charge is 0.394 e. The fourth-order valence-electron chi connectivity index (χ4n) is 4.46. The Morgan fingerprint density at radius 3 is 2.53 bits per heavy atom. The SMILES string of the molecule is OC[C@H]1O[C@@H](n2cnc3c(NN4CCC(c5ccccc5)CC4)nc(Cl)nc32)[C@H](O)[C@@H]1O. The summed E-state index contributed by atoms with van der Waals surface area (Å²) in [4.78, 5) is 13.0. The van der Waals surface area contributed by atoms with Crippen LogP contribution in [-0.4, -0.2) is 77.9 Å². The summed E-state index contributed by atoms with van der Waals surface area (Å²) in [5.74, 6) is 0.984. The van der Waals surface area contributed by atoms with Crippen LogP contribution in [0.5, 0.6) is 0 Å². The molecule has 0 amide bonds. The Hall–Kier alpha value is -2.34. The zero-order valence-corrected chi connectivity index (χ0v) is 18.0. The molecule has 2 aliphatic heterocycles. The molecule has 0 radical (unpaired) electrons. The van der Waals surface area contributed by atoms with Crippen molar-refractivity contribution < 1.29 is 20.1 Å². The summed E-state index contributed by atoms with van der Waals surface area (Å²) >= 11 is 6.19. The molecule has 0 unspecified atom stereocenters. The zero-order chi connectivity index (χ0) is 22.2. The predicted molar refractivity (Wildman–Crippen MR) is 117 cm³/mol. The number of halogens is 1. The third-order valence-electron chi connectivity index (χ3n) is 6.22. The fourth-order valence-corrected chi connectivity index (χ4v) is 4.63. The van der Waals surface area contributed by atoms with Gasteiger partial charge >= 0.3 is 0 Å². The molecule has 3 aromatic rings. The van der Waals surface area contributed by atoms with E-state index >= 15 is 0 Å². The van der Waals surface area contributed by atoms with E-state index in [-0.39, 0.29) is 5.28 Å². The summed E-state index contributed by atoms with van der Waals surface area (Å²) in [6.45, 7) is 1.25. The van der Waals surface area contributed by atoms with Crippen LogP contribution in [0.2, 0.25) is 5.28 Å². The Morgan fingerprint density at radius 2 is 1.84 bits per heavy atom. The lowest BCUT2D eigenvalue weighted by atomic mass is 9.90. The van der Waals surface area contributed by atoms with Gasteiger partial charge in [0.25, 0.3) is 0 Å². The molecule has 1 aromatic carbocycles. The van der Waals surface area contributed by atoms with Crippen LogP contribution < -0.4 is 5.43 Å². The number of anilines is 1. The van der Waals surface area contributed by atoms with E-state index < -0.39 is 31.1 Å². The number of aliphatic hydroxyl groups excluding tert-OH is 3. The zero-order valence-electron chi connectivity index (χ0n) is 17.3. The molecule has 32 heavy (non-hydrogen) atoms. The Bertz CT molecular complexity index is 1070. The molecular weight excluding hydrogens is 436 g/mol. The Kier molecular flexibility index (Phi) is 5.97. The molecular formula is C21H25ClN6O4. The van der Waals surface area contributed by atoms with Crippen molar-refractivity contribution in [3.63, 3.8) is 0 Å². The van der Waals surface area contributed by atoms with Crippen LogP contribution in [-0.2, 0) is 4.74 Å². The van der Waals surface area contributed by atoms with E-state index in [1.54, 1.807) is 0 Å². The van der Waals surface area contributed by atoms with Crippen LogP contribution >= 0.6 is 11.6 Å². The molecule has 11 heteroatoms. The Labute approximate surface area is 189 Å². The molecule has 2 saturated heterocycles. The number of nitrogens with one attached hydrogen (secondary N) is 1. The van der Waals surface area contributed by atoms with E-state index in [4.69, 9.17) is 16.3 Å². The Balaban J connectivity index is 1.35. The van der Waals surface area contributed by atoms with Gasteiger partial charge < -0.3 is 25.5 Å². The second-order valence-corrected chi connectivity index (χ2v) is 8.52. The lowest BCUT2D eigenvalue weighted by Crippen LogP contribution is -2.37. The molecule has 0 aliphatic carbocycles. The first-order chi connectivity index (χ1) is 15.5. The molecule has 4 N–H and O–H groups in total. The van der Waals surface area contributed by atoms with Crippen molar-refractivity contribution in [2.24, 2.45) is 0 Å². The fraction of sp³-hybridized carbons (Fsp3) is 0.476. The number of piperidine rings is 1. The van der Waals surface area contributed by atoms with Gasteiger partial charge in [-0.15, -0.1) is 0 Å². The summed E-state index contributed by atoms with van der Waals surface area (Å²) in [6.07, 6.45) is -0.829. The highest BCUT2D eigenvalue weighted by molar-refractivity contribution is 6.28. The maximum Gasteiger partial charge on any atom is 0.226 e. The number of aliphatic hydroxyl groups is 3. The third-order valence-corrected chi connectivity index (χ3v) is 6.38. The summed E-state index contributed by atoms with van der Waals surface area (Å²) in [7, 11) is 0. The molecule has 0 bridgehead atoms. The molecule has 5 rings (SSSR count). The van der Waals surface area contributed by atoms with Gasteiger partial charge in [0.05, 0.1) is 12.9 Å². The normalized spacial score (nSPS) is 27.2. The van der Waals surface area contributed by atoms with Crippen LogP contribution in [0, 0.1) is 0 Å². The molecule has 2 fully saturated rings. The smallest absolute Gasteiger partial charge is 0.226 e. The van der Waals surface area contributed by atoms with Crippen molar-refractivity contribution in [1.82, 2.24) is 24.5 Å². The lowest BCUT2D eigenvalue weighted by molar-refractivity contribution is -0.0511. The predicted octanol–water partition coefficient (Wildman–Crippen LogP) is 1.30. The molecule has 2 aromatic heterocycles. The monoisotopic (exact) mass is 460 g/mol. The number of fused-ring (bicyclic) bond motifs is 1. The number of nitrogens with zero attached hydrogens (tertiary/aromatic N) is 5. The van der Waals surface area contributed by atoms with E-state index in [9.17, 15) is 15.3 Å². The van der Waals surface area contributed by atoms with Crippen molar-refractivity contribution in [3.05, 3.63) is 47.5 Å². The molecule has 4 heterocycles. The number of benzene rings is 1. The van der Waals surface area contributed by atoms with Gasteiger partial charge in [-0.3, -0.25) is 4.57 Å². The van der Waals surface area contributed by atoms with Crippen molar-refractivity contribution in [2.75, 3.05) is 25.1 Å². The van der Waals surface area contributed by atoms with Crippen LogP contribution in [0.25, 0.3) is 11.2 Å². The first kappa shape index (κ1) is 21.5. The van der Waals surface area contributed by atoms with Crippen molar-refractivity contribution in [2.45, 2.75) is 43.3 Å². The van der Waals surface area contributed by atoms with Crippen LogP contribution in [0.4, 0.5) is 5.82 Å². The Morgan fingerprint density at radius 1 is 1.09 bits per heavy atom. The number of imidazole rings is 1. The molecule has 0 saturated carbocycles. The van der Waals surface area contributed by atoms with E-state index in [1.165, 1.54) is 16.5 Å². The van der Waals surface area contributed by atoms with Gasteiger partial charge in [0.2, 0.25) is 5.28 Å². The second kappa shape index (κ2) is 8.89. The lowest BCUT2D eigenvalue weighted by Gasteiger charge is -2.32. The van der Waals surface area contributed by atoms with Crippen molar-refractivity contribution in [1.29, 1.82) is 0 Å². The highest BCUT2D eigenvalue weighted by Gasteiger charge is 2.44. The molecule has 170 valence electrons. The minimum atomic E-state index is -1.24. The number of hydrazine groups is 1. The van der Waals surface area contributed by atoms with Gasteiger partial charge in [-0.25, -0.2) is 9.99 Å². The molecule has 0 spiro atoms. The minimum Gasteiger partial charge on any atom is -0.394 e. The second-order valence-electron chi connectivity index (χ2n) is 8.18. The van der Waals surface area contributed by atoms with E-state index in [1.807, 2.05) is 6.07 Å². The third kappa shape index (κ3) is 3.94. The maximum atomic E-state index is 10.4. The summed E-state index contributed by atoms with van der Waals surface area (Å²) in [5, 5.41) is 31.9.